The fraction of sp³-hybridized carbons (Fsp3) is 0.400. The molecule has 4 aromatic carbocycles. The number of Topliss-reactive ketones (excluding diaryl/α,β-unsaturated/α-hetero) is 1. The molecule has 52 heavy (non-hydrogen) atoms. The summed E-state index contributed by atoms with van der Waals surface area (Å²) in [5, 5.41) is 3.74. The SMILES string of the molecule is C=C[C@H](CCO[Si](c1ccccc1)(c1ccccc1)C(C)(C)C)C(=O)[C@H]1C[C@@H]2O[C@@H]2[C@H](C[Si](C)(C)c2ccccc2)[C@H]1OCc1ccc(OC)cc1. The van der Waals surface area contributed by atoms with E-state index in [-0.39, 0.29) is 46.9 Å². The molecule has 1 saturated carbocycles. The van der Waals surface area contributed by atoms with Gasteiger partial charge in [-0.05, 0) is 52.0 Å². The fourth-order valence-corrected chi connectivity index (χ4v) is 16.2. The highest BCUT2D eigenvalue weighted by Gasteiger charge is 2.58. The third-order valence-electron chi connectivity index (χ3n) is 11.4. The Hall–Kier alpha value is -3.60. The van der Waals surface area contributed by atoms with Crippen LogP contribution in [0.3, 0.4) is 0 Å². The smallest absolute Gasteiger partial charge is 0.261 e. The third-order valence-corrected chi connectivity index (χ3v) is 19.9. The number of epoxide rings is 1. The van der Waals surface area contributed by atoms with Crippen LogP contribution < -0.4 is 20.3 Å². The quantitative estimate of drug-likeness (QED) is 0.0666. The van der Waals surface area contributed by atoms with Crippen molar-refractivity contribution in [3.8, 4) is 5.75 Å². The van der Waals surface area contributed by atoms with Crippen molar-refractivity contribution >= 4 is 37.7 Å². The molecule has 0 radical (unpaired) electrons. The normalized spacial score (nSPS) is 22.2. The Balaban J connectivity index is 1.26. The van der Waals surface area contributed by atoms with Crippen molar-refractivity contribution in [2.24, 2.45) is 17.8 Å². The average Bonchev–Trinajstić information content (AvgIpc) is 3.95. The van der Waals surface area contributed by atoms with E-state index in [1.54, 1.807) is 7.11 Å². The molecule has 0 spiro atoms. The molecule has 0 unspecified atom stereocenters. The predicted octanol–water partition coefficient (Wildman–Crippen LogP) is 7.94. The van der Waals surface area contributed by atoms with E-state index in [1.807, 2.05) is 30.3 Å². The summed E-state index contributed by atoms with van der Waals surface area (Å²) >= 11 is 0. The largest absolute Gasteiger partial charge is 0.497 e. The molecule has 0 N–H and O–H groups in total. The number of hydrogen-bond donors (Lipinski definition) is 0. The Morgan fingerprint density at radius 1 is 0.865 bits per heavy atom. The van der Waals surface area contributed by atoms with Gasteiger partial charge in [0.05, 0.1) is 40.1 Å². The van der Waals surface area contributed by atoms with Crippen LogP contribution in [0.2, 0.25) is 24.2 Å². The van der Waals surface area contributed by atoms with Crippen LogP contribution in [0.4, 0.5) is 0 Å². The van der Waals surface area contributed by atoms with Gasteiger partial charge in [-0.25, -0.2) is 0 Å². The minimum Gasteiger partial charge on any atom is -0.497 e. The molecule has 4 aromatic rings. The summed E-state index contributed by atoms with van der Waals surface area (Å²) in [6.45, 7) is 16.8. The number of ketones is 1. The molecule has 5 nitrogen and oxygen atoms in total. The molecule has 6 atom stereocenters. The first-order valence-electron chi connectivity index (χ1n) is 18.9. The van der Waals surface area contributed by atoms with Crippen LogP contribution >= 0.6 is 0 Å². The van der Waals surface area contributed by atoms with Gasteiger partial charge in [0, 0.05) is 24.4 Å². The second-order valence-corrected chi connectivity index (χ2v) is 25.3. The number of hydrogen-bond acceptors (Lipinski definition) is 5. The molecule has 6 rings (SSSR count). The van der Waals surface area contributed by atoms with E-state index in [1.165, 1.54) is 15.6 Å². The maximum atomic E-state index is 14.8. The Morgan fingerprint density at radius 3 is 1.94 bits per heavy atom. The van der Waals surface area contributed by atoms with E-state index >= 15 is 0 Å². The molecule has 0 aromatic heterocycles. The maximum Gasteiger partial charge on any atom is 0.261 e. The predicted molar refractivity (Wildman–Crippen MR) is 217 cm³/mol. The van der Waals surface area contributed by atoms with Crippen molar-refractivity contribution in [3.63, 3.8) is 0 Å². The van der Waals surface area contributed by atoms with Crippen LogP contribution in [0.5, 0.6) is 5.75 Å². The Kier molecular flexibility index (Phi) is 11.9. The minimum absolute atomic E-state index is 0.0965. The van der Waals surface area contributed by atoms with Crippen molar-refractivity contribution in [1.29, 1.82) is 0 Å². The fourth-order valence-electron chi connectivity index (χ4n) is 8.61. The molecule has 1 saturated heterocycles. The second kappa shape index (κ2) is 16.2. The summed E-state index contributed by atoms with van der Waals surface area (Å²) < 4.78 is 25.9. The zero-order valence-electron chi connectivity index (χ0n) is 31.8. The van der Waals surface area contributed by atoms with Gasteiger partial charge in [0.25, 0.3) is 8.32 Å². The average molecular weight is 733 g/mol. The number of carbonyl (C=O) groups is 1. The van der Waals surface area contributed by atoms with Crippen LogP contribution in [-0.2, 0) is 25.3 Å². The second-order valence-electron chi connectivity index (χ2n) is 16.3. The summed E-state index contributed by atoms with van der Waals surface area (Å²) in [6, 6.07) is 41.2. The van der Waals surface area contributed by atoms with Gasteiger partial charge in [-0.2, -0.15) is 0 Å². The lowest BCUT2D eigenvalue weighted by Gasteiger charge is -2.43. The number of ether oxygens (including phenoxy) is 3. The summed E-state index contributed by atoms with van der Waals surface area (Å²) in [4.78, 5) is 14.8. The van der Waals surface area contributed by atoms with Gasteiger partial charge < -0.3 is 18.6 Å². The van der Waals surface area contributed by atoms with Crippen LogP contribution in [0, 0.1) is 17.8 Å². The molecular weight excluding hydrogens is 677 g/mol. The van der Waals surface area contributed by atoms with E-state index < -0.39 is 16.4 Å². The summed E-state index contributed by atoms with van der Waals surface area (Å²) in [6.07, 6.45) is 3.06. The van der Waals surface area contributed by atoms with Crippen molar-refractivity contribution in [2.45, 2.75) is 82.7 Å². The van der Waals surface area contributed by atoms with Gasteiger partial charge in [-0.3, -0.25) is 4.79 Å². The lowest BCUT2D eigenvalue weighted by Crippen LogP contribution is -2.66. The van der Waals surface area contributed by atoms with Gasteiger partial charge in [-0.15, -0.1) is 6.58 Å². The van der Waals surface area contributed by atoms with Gasteiger partial charge in [0.1, 0.15) is 11.5 Å². The number of benzene rings is 4. The van der Waals surface area contributed by atoms with Gasteiger partial charge in [-0.1, -0.05) is 148 Å². The Bertz CT molecular complexity index is 1720. The number of methoxy groups -OCH3 is 1. The molecule has 1 heterocycles. The Morgan fingerprint density at radius 2 is 1.42 bits per heavy atom. The monoisotopic (exact) mass is 732 g/mol. The van der Waals surface area contributed by atoms with Crippen molar-refractivity contribution < 1.29 is 23.4 Å². The number of carbonyl (C=O) groups excluding carboxylic acids is 1. The van der Waals surface area contributed by atoms with Crippen LogP contribution in [-0.4, -0.2) is 54.2 Å². The number of allylic oxidation sites excluding steroid dienone is 1. The highest BCUT2D eigenvalue weighted by molar-refractivity contribution is 6.99. The standard InChI is InChI=1S/C45H56O5Si2/c1-8-34(28-29-49-52(45(2,3)4,37-20-14-10-15-21-37)38-22-16-11-17-23-38)42(46)39-30-41-44(50-41)40(32-51(6,7)36-18-12-9-13-19-36)43(39)48-31-33-24-26-35(47-5)27-25-33/h8-27,34,39-41,43-44H,1,28-32H2,2-7H3/t34-,39-,40-,41+,43+,44-/m1/s1. The van der Waals surface area contributed by atoms with E-state index in [9.17, 15) is 4.79 Å². The van der Waals surface area contributed by atoms with E-state index in [2.05, 4.69) is 131 Å². The molecule has 1 aliphatic heterocycles. The zero-order chi connectivity index (χ0) is 36.9. The van der Waals surface area contributed by atoms with Crippen molar-refractivity contribution in [1.82, 2.24) is 0 Å². The highest BCUT2D eigenvalue weighted by atomic mass is 28.4. The van der Waals surface area contributed by atoms with Gasteiger partial charge in [0.2, 0.25) is 0 Å². The first kappa shape index (κ1) is 38.1. The molecular formula is C45H56O5Si2. The number of rotatable bonds is 16. The van der Waals surface area contributed by atoms with Crippen LogP contribution in [0.1, 0.15) is 39.2 Å². The maximum absolute atomic E-state index is 14.8. The molecule has 0 bridgehead atoms. The summed E-state index contributed by atoms with van der Waals surface area (Å²) in [7, 11) is -2.96. The van der Waals surface area contributed by atoms with Crippen LogP contribution in [0.15, 0.2) is 128 Å². The van der Waals surface area contributed by atoms with E-state index in [0.717, 1.165) is 17.4 Å². The van der Waals surface area contributed by atoms with E-state index in [4.69, 9.17) is 18.6 Å². The summed E-state index contributed by atoms with van der Waals surface area (Å²) in [5.41, 5.74) is 1.06. The third kappa shape index (κ3) is 8.14. The van der Waals surface area contributed by atoms with Gasteiger partial charge in [0.15, 0.2) is 0 Å². The summed E-state index contributed by atoms with van der Waals surface area (Å²) in [5.74, 6) is 0.492. The zero-order valence-corrected chi connectivity index (χ0v) is 33.8. The highest BCUT2D eigenvalue weighted by Crippen LogP contribution is 2.49. The minimum atomic E-state index is -2.74. The molecule has 7 heteroatoms. The number of fused-ring (bicyclic) bond motifs is 1. The molecule has 2 aliphatic rings. The van der Waals surface area contributed by atoms with Crippen molar-refractivity contribution in [2.75, 3.05) is 13.7 Å². The topological polar surface area (TPSA) is 57.3 Å². The molecule has 1 aliphatic carbocycles. The first-order valence-corrected chi connectivity index (χ1v) is 24.0. The molecule has 0 amide bonds. The first-order chi connectivity index (χ1) is 25.0. The molecule has 274 valence electrons. The Labute approximate surface area is 313 Å². The van der Waals surface area contributed by atoms with E-state index in [0.29, 0.717) is 26.1 Å². The lowest BCUT2D eigenvalue weighted by atomic mass is 9.74. The molecule has 2 fully saturated rings. The van der Waals surface area contributed by atoms with Gasteiger partial charge >= 0.3 is 0 Å². The lowest BCUT2D eigenvalue weighted by molar-refractivity contribution is -0.136. The van der Waals surface area contributed by atoms with Crippen molar-refractivity contribution in [3.05, 3.63) is 133 Å². The van der Waals surface area contributed by atoms with Crippen LogP contribution in [0.25, 0.3) is 0 Å².